The lowest BCUT2D eigenvalue weighted by atomic mass is 9.96. The Kier molecular flexibility index (Phi) is 35.1. The highest BCUT2D eigenvalue weighted by Gasteiger charge is 2.53. The van der Waals surface area contributed by atoms with Crippen LogP contribution in [0.3, 0.4) is 0 Å². The number of hydrogen-bond acceptors (Lipinski definition) is 18. The van der Waals surface area contributed by atoms with Gasteiger partial charge in [-0.1, -0.05) is 180 Å². The minimum atomic E-state index is -1.97. The fourth-order valence-corrected chi connectivity index (χ4v) is 9.84. The molecule has 0 radical (unpaired) electrons. The minimum Gasteiger partial charge on any atom is -0.394 e. The Balaban J connectivity index is 1.54. The summed E-state index contributed by atoms with van der Waals surface area (Å²) < 4.78 is 34.2. The Morgan fingerprint density at radius 3 is 1.29 bits per heavy atom. The second kappa shape index (κ2) is 39.0. The zero-order valence-electron chi connectivity index (χ0n) is 44.4. The molecule has 3 fully saturated rings. The second-order valence-electron chi connectivity index (χ2n) is 20.8. The van der Waals surface area contributed by atoms with Crippen molar-refractivity contribution < 1.29 is 89.4 Å². The number of hydrogen-bond donors (Lipinski definition) is 12. The average molecular weight is 1050 g/mol. The van der Waals surface area contributed by atoms with Crippen LogP contribution in [0.15, 0.2) is 12.2 Å². The van der Waals surface area contributed by atoms with Gasteiger partial charge in [0.25, 0.3) is 0 Å². The van der Waals surface area contributed by atoms with Crippen molar-refractivity contribution in [3.8, 4) is 0 Å². The van der Waals surface area contributed by atoms with Crippen LogP contribution in [-0.2, 0) is 33.2 Å². The molecular weight excluding hydrogens is 951 g/mol. The molecule has 19 heteroatoms. The van der Waals surface area contributed by atoms with Crippen molar-refractivity contribution in [3.05, 3.63) is 12.2 Å². The van der Waals surface area contributed by atoms with Crippen molar-refractivity contribution in [1.82, 2.24) is 5.32 Å². The van der Waals surface area contributed by atoms with E-state index in [1.54, 1.807) is 6.08 Å². The second-order valence-corrected chi connectivity index (χ2v) is 20.8. The first-order valence-corrected chi connectivity index (χ1v) is 28.4. The van der Waals surface area contributed by atoms with E-state index in [-0.39, 0.29) is 18.9 Å². The summed E-state index contributed by atoms with van der Waals surface area (Å²) in [6, 6.07) is -0.965. The van der Waals surface area contributed by atoms with Gasteiger partial charge in [-0.05, 0) is 19.3 Å². The van der Waals surface area contributed by atoms with Crippen LogP contribution in [0.5, 0.6) is 0 Å². The summed E-state index contributed by atoms with van der Waals surface area (Å²) in [5.74, 6) is -0.275. The Morgan fingerprint density at radius 2 is 0.849 bits per heavy atom. The van der Waals surface area contributed by atoms with Crippen LogP contribution in [0.2, 0.25) is 0 Å². The molecule has 3 rings (SSSR count). The quantitative estimate of drug-likeness (QED) is 0.0306. The minimum absolute atomic E-state index is 0.248. The molecule has 3 heterocycles. The molecule has 0 aromatic heterocycles. The third kappa shape index (κ3) is 24.0. The van der Waals surface area contributed by atoms with Gasteiger partial charge < -0.3 is 89.9 Å². The maximum absolute atomic E-state index is 13.3. The van der Waals surface area contributed by atoms with Gasteiger partial charge >= 0.3 is 0 Å². The lowest BCUT2D eigenvalue weighted by Crippen LogP contribution is -2.66. The van der Waals surface area contributed by atoms with Crippen LogP contribution in [0.25, 0.3) is 0 Å². The maximum Gasteiger partial charge on any atom is 0.220 e. The monoisotopic (exact) mass is 1050 g/mol. The number of rotatable bonds is 41. The maximum atomic E-state index is 13.3. The van der Waals surface area contributed by atoms with Crippen LogP contribution >= 0.6 is 0 Å². The van der Waals surface area contributed by atoms with Gasteiger partial charge in [-0.15, -0.1) is 0 Å². The summed E-state index contributed by atoms with van der Waals surface area (Å²) in [7, 11) is 0. The highest BCUT2D eigenvalue weighted by molar-refractivity contribution is 5.76. The lowest BCUT2D eigenvalue weighted by Gasteiger charge is -2.48. The Morgan fingerprint density at radius 1 is 0.479 bits per heavy atom. The Labute approximate surface area is 436 Å². The molecule has 0 saturated carbocycles. The van der Waals surface area contributed by atoms with Gasteiger partial charge in [0.2, 0.25) is 5.91 Å². The molecule has 0 aliphatic carbocycles. The molecule has 3 aliphatic rings. The number of carbonyl (C=O) groups excluding carboxylic acids is 1. The van der Waals surface area contributed by atoms with Crippen molar-refractivity contribution >= 4 is 5.91 Å². The largest absolute Gasteiger partial charge is 0.394 e. The standard InChI is InChI=1S/C54H101NO18/c1-3-5-7-9-11-13-15-17-19-21-23-25-27-29-31-38(59)37(55-42(60)32-30-28-26-24-22-20-18-16-14-12-10-8-6-4-2)36-68-52-48(66)45(63)50(40(34-57)70-52)73-54-49(67)46(64)51(41(35-58)71-54)72-53-47(65)44(62)43(61)39(33-56)69-53/h29,31,37-41,43-54,56-59,61-67H,3-28,30,32-36H2,1-2H3,(H,55,60)/b31-29+. The van der Waals surface area contributed by atoms with Crippen LogP contribution in [0.1, 0.15) is 194 Å². The number of unbranched alkanes of at least 4 members (excludes halogenated alkanes) is 25. The molecule has 19 nitrogen and oxygen atoms in total. The molecule has 12 N–H and O–H groups in total. The van der Waals surface area contributed by atoms with Crippen LogP contribution < -0.4 is 5.32 Å². The summed E-state index contributed by atoms with van der Waals surface area (Å²) in [4.78, 5) is 13.3. The predicted octanol–water partition coefficient (Wildman–Crippen LogP) is 3.82. The molecule has 17 unspecified atom stereocenters. The number of ether oxygens (including phenoxy) is 6. The molecule has 3 saturated heterocycles. The smallest absolute Gasteiger partial charge is 0.220 e. The number of aliphatic hydroxyl groups excluding tert-OH is 11. The van der Waals surface area contributed by atoms with Gasteiger partial charge in [0, 0.05) is 6.42 Å². The first-order valence-electron chi connectivity index (χ1n) is 28.4. The molecule has 0 aromatic carbocycles. The van der Waals surface area contributed by atoms with E-state index in [1.807, 2.05) is 6.08 Å². The van der Waals surface area contributed by atoms with Gasteiger partial charge in [0.15, 0.2) is 18.9 Å². The molecule has 0 bridgehead atoms. The molecular formula is C54H101NO18. The Hall–Kier alpha value is -1.47. The first kappa shape index (κ1) is 65.8. The van der Waals surface area contributed by atoms with E-state index in [4.69, 9.17) is 28.4 Å². The van der Waals surface area contributed by atoms with Crippen molar-refractivity contribution in [1.29, 1.82) is 0 Å². The molecule has 73 heavy (non-hydrogen) atoms. The lowest BCUT2D eigenvalue weighted by molar-refractivity contribution is -0.379. The van der Waals surface area contributed by atoms with Crippen molar-refractivity contribution in [2.45, 2.75) is 298 Å². The van der Waals surface area contributed by atoms with Gasteiger partial charge in [0.05, 0.1) is 38.6 Å². The van der Waals surface area contributed by atoms with Crippen molar-refractivity contribution in [2.75, 3.05) is 26.4 Å². The van der Waals surface area contributed by atoms with Crippen molar-refractivity contribution in [3.63, 3.8) is 0 Å². The highest BCUT2D eigenvalue weighted by atomic mass is 16.8. The van der Waals surface area contributed by atoms with E-state index in [9.17, 15) is 61.0 Å². The van der Waals surface area contributed by atoms with E-state index >= 15 is 0 Å². The molecule has 3 aliphatic heterocycles. The van der Waals surface area contributed by atoms with E-state index in [0.29, 0.717) is 6.42 Å². The fourth-order valence-electron chi connectivity index (χ4n) is 9.84. The number of aliphatic hydroxyl groups is 11. The molecule has 430 valence electrons. The average Bonchev–Trinajstić information content (AvgIpc) is 3.39. The van der Waals surface area contributed by atoms with Gasteiger partial charge in [-0.3, -0.25) is 4.79 Å². The third-order valence-electron chi connectivity index (χ3n) is 14.6. The fraction of sp³-hybridized carbons (Fsp3) is 0.944. The summed E-state index contributed by atoms with van der Waals surface area (Å²) in [6.07, 6.45) is 9.10. The number of amides is 1. The highest BCUT2D eigenvalue weighted by Crippen LogP contribution is 2.33. The van der Waals surface area contributed by atoms with Gasteiger partial charge in [-0.25, -0.2) is 0 Å². The summed E-state index contributed by atoms with van der Waals surface area (Å²) >= 11 is 0. The molecule has 1 amide bonds. The number of nitrogens with one attached hydrogen (secondary N) is 1. The zero-order valence-corrected chi connectivity index (χ0v) is 44.4. The molecule has 17 atom stereocenters. The molecule has 0 spiro atoms. The van der Waals surface area contributed by atoms with Crippen molar-refractivity contribution in [2.24, 2.45) is 0 Å². The van der Waals surface area contributed by atoms with Gasteiger partial charge in [-0.2, -0.15) is 0 Å². The van der Waals surface area contributed by atoms with E-state index in [2.05, 4.69) is 19.2 Å². The third-order valence-corrected chi connectivity index (χ3v) is 14.6. The SMILES string of the molecule is CCCCCCCCCCCCCC/C=C/C(O)C(COC1OC(CO)C(OC2OC(CO)C(OC3OC(CO)C(O)C(O)C3O)C(O)C2O)C(O)C1O)NC(=O)CCCCCCCCCCCCCCCC. The van der Waals surface area contributed by atoms with Crippen LogP contribution in [0, 0.1) is 0 Å². The summed E-state index contributed by atoms with van der Waals surface area (Å²) in [5, 5.41) is 120. The number of carbonyl (C=O) groups is 1. The van der Waals surface area contributed by atoms with Crippen LogP contribution in [0.4, 0.5) is 0 Å². The van der Waals surface area contributed by atoms with Crippen LogP contribution in [-0.4, -0.2) is 193 Å². The topological polar surface area (TPSA) is 307 Å². The summed E-state index contributed by atoms with van der Waals surface area (Å²) in [6.45, 7) is 1.71. The zero-order chi connectivity index (χ0) is 53.4. The van der Waals surface area contributed by atoms with E-state index in [1.165, 1.54) is 122 Å². The predicted molar refractivity (Wildman–Crippen MR) is 273 cm³/mol. The van der Waals surface area contributed by atoms with E-state index < -0.39 is 124 Å². The van der Waals surface area contributed by atoms with E-state index in [0.717, 1.165) is 44.9 Å². The first-order chi connectivity index (χ1) is 35.3. The number of allylic oxidation sites excluding steroid dienone is 1. The van der Waals surface area contributed by atoms with Gasteiger partial charge in [0.1, 0.15) is 73.2 Å². The summed E-state index contributed by atoms with van der Waals surface area (Å²) in [5.41, 5.74) is 0. The molecule has 0 aromatic rings. The Bertz CT molecular complexity index is 1400. The normalized spacial score (nSPS) is 31.8.